The first-order valence-electron chi connectivity index (χ1n) is 4.78. The lowest BCUT2D eigenvalue weighted by Gasteiger charge is -2.15. The van der Waals surface area contributed by atoms with Crippen LogP contribution in [0.1, 0.15) is 16.5 Å². The Labute approximate surface area is 112 Å². The molecule has 2 rings (SSSR count). The summed E-state index contributed by atoms with van der Waals surface area (Å²) < 4.78 is 14.3. The highest BCUT2D eigenvalue weighted by molar-refractivity contribution is 7.16. The first-order chi connectivity index (χ1) is 8.11. The van der Waals surface area contributed by atoms with Crippen molar-refractivity contribution in [3.05, 3.63) is 55.9 Å². The van der Waals surface area contributed by atoms with Crippen molar-refractivity contribution in [2.24, 2.45) is 5.84 Å². The molecule has 0 saturated carbocycles. The van der Waals surface area contributed by atoms with E-state index in [1.807, 2.05) is 0 Å². The summed E-state index contributed by atoms with van der Waals surface area (Å²) in [7, 11) is 0. The van der Waals surface area contributed by atoms with Crippen LogP contribution in [0.5, 0.6) is 0 Å². The lowest BCUT2D eigenvalue weighted by atomic mass is 10.1. The fraction of sp³-hybridized carbons (Fsp3) is 0.0909. The number of hydrogen-bond acceptors (Lipinski definition) is 3. The van der Waals surface area contributed by atoms with Crippen molar-refractivity contribution in [3.63, 3.8) is 0 Å². The first kappa shape index (κ1) is 12.8. The molecule has 1 aromatic heterocycles. The summed E-state index contributed by atoms with van der Waals surface area (Å²) >= 11 is 13.0. The molecule has 1 atom stereocenters. The Balaban J connectivity index is 2.45. The number of rotatable bonds is 3. The fourth-order valence-electron chi connectivity index (χ4n) is 1.54. The topological polar surface area (TPSA) is 38.0 Å². The number of hydrazine groups is 1. The van der Waals surface area contributed by atoms with E-state index >= 15 is 0 Å². The van der Waals surface area contributed by atoms with Gasteiger partial charge < -0.3 is 0 Å². The number of halogens is 3. The number of thiophene rings is 1. The van der Waals surface area contributed by atoms with Gasteiger partial charge in [0.1, 0.15) is 5.82 Å². The zero-order valence-electron chi connectivity index (χ0n) is 8.58. The molecule has 17 heavy (non-hydrogen) atoms. The summed E-state index contributed by atoms with van der Waals surface area (Å²) in [5.74, 6) is 5.11. The van der Waals surface area contributed by atoms with Crippen molar-refractivity contribution in [1.29, 1.82) is 0 Å². The van der Waals surface area contributed by atoms with E-state index in [0.29, 0.717) is 14.9 Å². The smallest absolute Gasteiger partial charge is 0.128 e. The van der Waals surface area contributed by atoms with Gasteiger partial charge in [-0.05, 0) is 30.3 Å². The van der Waals surface area contributed by atoms with E-state index < -0.39 is 6.04 Å². The van der Waals surface area contributed by atoms with Crippen LogP contribution in [0.25, 0.3) is 0 Å². The molecule has 0 radical (unpaired) electrons. The summed E-state index contributed by atoms with van der Waals surface area (Å²) in [4.78, 5) is 0.832. The number of benzene rings is 1. The van der Waals surface area contributed by atoms with Gasteiger partial charge in [-0.3, -0.25) is 5.84 Å². The van der Waals surface area contributed by atoms with Crippen LogP contribution in [0.3, 0.4) is 0 Å². The molecule has 0 bridgehead atoms. The molecule has 1 aromatic carbocycles. The standard InChI is InChI=1S/C11H9Cl2FN2S/c12-6-1-2-8(14)7(5-6)11(16-15)9-3-4-10(13)17-9/h1-5,11,16H,15H2. The third-order valence-electron chi connectivity index (χ3n) is 2.31. The van der Waals surface area contributed by atoms with Crippen LogP contribution in [0, 0.1) is 5.82 Å². The predicted molar refractivity (Wildman–Crippen MR) is 69.9 cm³/mol. The quantitative estimate of drug-likeness (QED) is 0.667. The van der Waals surface area contributed by atoms with Crippen molar-refractivity contribution in [2.45, 2.75) is 6.04 Å². The monoisotopic (exact) mass is 290 g/mol. The molecule has 0 saturated heterocycles. The van der Waals surface area contributed by atoms with Crippen molar-refractivity contribution in [2.75, 3.05) is 0 Å². The maximum atomic E-state index is 13.7. The molecule has 0 fully saturated rings. The highest BCUT2D eigenvalue weighted by Gasteiger charge is 2.18. The minimum absolute atomic E-state index is 0.359. The average Bonchev–Trinajstić information content (AvgIpc) is 2.71. The molecule has 2 nitrogen and oxygen atoms in total. The summed E-state index contributed by atoms with van der Waals surface area (Å²) in [6.45, 7) is 0. The van der Waals surface area contributed by atoms with E-state index in [2.05, 4.69) is 5.43 Å². The molecule has 0 aliphatic heterocycles. The van der Waals surface area contributed by atoms with Gasteiger partial charge in [0, 0.05) is 15.5 Å². The maximum absolute atomic E-state index is 13.7. The van der Waals surface area contributed by atoms with Crippen LogP contribution in [-0.4, -0.2) is 0 Å². The average molecular weight is 291 g/mol. The van der Waals surface area contributed by atoms with Crippen LogP contribution >= 0.6 is 34.5 Å². The Bertz CT molecular complexity index is 530. The molecule has 6 heteroatoms. The van der Waals surface area contributed by atoms with E-state index in [-0.39, 0.29) is 5.82 Å². The second-order valence-electron chi connectivity index (χ2n) is 3.41. The second-order valence-corrected chi connectivity index (χ2v) is 5.59. The SMILES string of the molecule is NNC(c1ccc(Cl)s1)c1cc(Cl)ccc1F. The normalized spacial score (nSPS) is 12.7. The molecule has 0 spiro atoms. The van der Waals surface area contributed by atoms with E-state index in [0.717, 1.165) is 4.88 Å². The molecule has 0 aliphatic rings. The minimum Gasteiger partial charge on any atom is -0.271 e. The van der Waals surface area contributed by atoms with E-state index in [4.69, 9.17) is 29.0 Å². The van der Waals surface area contributed by atoms with Crippen LogP contribution in [0.15, 0.2) is 30.3 Å². The lowest BCUT2D eigenvalue weighted by Crippen LogP contribution is -2.28. The van der Waals surface area contributed by atoms with Crippen molar-refractivity contribution in [1.82, 2.24) is 5.43 Å². The van der Waals surface area contributed by atoms with Gasteiger partial charge >= 0.3 is 0 Å². The molecule has 1 unspecified atom stereocenters. The number of hydrogen-bond donors (Lipinski definition) is 2. The van der Waals surface area contributed by atoms with Crippen LogP contribution in [0.4, 0.5) is 4.39 Å². The Kier molecular flexibility index (Phi) is 4.01. The molecule has 0 amide bonds. The summed E-state index contributed by atoms with van der Waals surface area (Å²) in [6.07, 6.45) is 0. The zero-order valence-corrected chi connectivity index (χ0v) is 10.9. The molecule has 3 N–H and O–H groups in total. The van der Waals surface area contributed by atoms with Crippen LogP contribution < -0.4 is 11.3 Å². The minimum atomic E-state index is -0.453. The fourth-order valence-corrected chi connectivity index (χ4v) is 2.87. The Hall–Kier alpha value is -0.650. The number of nitrogens with two attached hydrogens (primary N) is 1. The van der Waals surface area contributed by atoms with Crippen molar-refractivity contribution in [3.8, 4) is 0 Å². The Morgan fingerprint density at radius 1 is 1.24 bits per heavy atom. The Morgan fingerprint density at radius 2 is 2.00 bits per heavy atom. The largest absolute Gasteiger partial charge is 0.271 e. The van der Waals surface area contributed by atoms with E-state index in [9.17, 15) is 4.39 Å². The van der Waals surface area contributed by atoms with Crippen molar-refractivity contribution < 1.29 is 4.39 Å². The van der Waals surface area contributed by atoms with Gasteiger partial charge in [0.25, 0.3) is 0 Å². The molecule has 1 heterocycles. The third kappa shape index (κ3) is 2.78. The highest BCUT2D eigenvalue weighted by atomic mass is 35.5. The third-order valence-corrected chi connectivity index (χ3v) is 3.85. The molecular formula is C11H9Cl2FN2S. The van der Waals surface area contributed by atoms with Gasteiger partial charge in [-0.2, -0.15) is 0 Å². The zero-order chi connectivity index (χ0) is 12.4. The van der Waals surface area contributed by atoms with Crippen molar-refractivity contribution >= 4 is 34.5 Å². The molecule has 90 valence electrons. The Morgan fingerprint density at radius 3 is 2.59 bits per heavy atom. The van der Waals surface area contributed by atoms with E-state index in [1.165, 1.54) is 23.5 Å². The first-order valence-corrected chi connectivity index (χ1v) is 6.35. The summed E-state index contributed by atoms with van der Waals surface area (Å²) in [6, 6.07) is 7.46. The maximum Gasteiger partial charge on any atom is 0.128 e. The van der Waals surface area contributed by atoms with Gasteiger partial charge in [-0.25, -0.2) is 9.82 Å². The second kappa shape index (κ2) is 5.33. The molecule has 0 aliphatic carbocycles. The van der Waals surface area contributed by atoms with Gasteiger partial charge in [-0.1, -0.05) is 23.2 Å². The molecular weight excluding hydrogens is 282 g/mol. The lowest BCUT2D eigenvalue weighted by molar-refractivity contribution is 0.564. The van der Waals surface area contributed by atoms with Crippen LogP contribution in [0.2, 0.25) is 9.36 Å². The highest BCUT2D eigenvalue weighted by Crippen LogP contribution is 2.32. The van der Waals surface area contributed by atoms with E-state index in [1.54, 1.807) is 18.2 Å². The predicted octanol–water partition coefficient (Wildman–Crippen LogP) is 3.75. The molecule has 2 aromatic rings. The van der Waals surface area contributed by atoms with Gasteiger partial charge in [0.05, 0.1) is 10.4 Å². The van der Waals surface area contributed by atoms with Crippen LogP contribution in [-0.2, 0) is 0 Å². The van der Waals surface area contributed by atoms with Gasteiger partial charge in [0.15, 0.2) is 0 Å². The summed E-state index contributed by atoms with van der Waals surface area (Å²) in [5.41, 5.74) is 2.97. The summed E-state index contributed by atoms with van der Waals surface area (Å²) in [5, 5.41) is 0.462. The number of nitrogens with one attached hydrogen (secondary N) is 1. The van der Waals surface area contributed by atoms with Gasteiger partial charge in [0.2, 0.25) is 0 Å². The van der Waals surface area contributed by atoms with Gasteiger partial charge in [-0.15, -0.1) is 11.3 Å².